The van der Waals surface area contributed by atoms with Gasteiger partial charge in [-0.1, -0.05) is 27.4 Å². The van der Waals surface area contributed by atoms with Crippen LogP contribution in [0, 0.1) is 40.4 Å². The molecule has 1 aliphatic heterocycles. The maximum atomic E-state index is 12.9. The Bertz CT molecular complexity index is 1490. The number of carboxylic acid groups (broad SMARTS) is 1. The van der Waals surface area contributed by atoms with Crippen molar-refractivity contribution in [3.63, 3.8) is 0 Å². The van der Waals surface area contributed by atoms with E-state index < -0.39 is 99.0 Å². The van der Waals surface area contributed by atoms with E-state index in [9.17, 15) is 50.8 Å². The fourth-order valence-corrected chi connectivity index (χ4v) is 10.8. The Kier molecular flexibility index (Phi) is 15.9. The van der Waals surface area contributed by atoms with E-state index in [1.54, 1.807) is 13.8 Å². The topological polar surface area (TPSA) is 255 Å². The van der Waals surface area contributed by atoms with E-state index in [1.165, 1.54) is 0 Å². The van der Waals surface area contributed by atoms with Gasteiger partial charge in [-0.05, 0) is 79.6 Å². The van der Waals surface area contributed by atoms with Crippen LogP contribution in [0.2, 0.25) is 0 Å². The molecule has 5 fully saturated rings. The summed E-state index contributed by atoms with van der Waals surface area (Å²) in [5.41, 5.74) is -0.359. The zero-order chi connectivity index (χ0) is 35.6. The van der Waals surface area contributed by atoms with Gasteiger partial charge >= 0.3 is 115 Å². The van der Waals surface area contributed by atoms with Gasteiger partial charge in [-0.25, -0.2) is 16.8 Å². The Morgan fingerprint density at radius 1 is 1.02 bits per heavy atom. The van der Waals surface area contributed by atoms with Crippen molar-refractivity contribution < 1.29 is 176 Å². The third-order valence-electron chi connectivity index (χ3n) is 11.5. The Balaban J connectivity index is 0.00000338. The number of ether oxygens (including phenoxy) is 3. The number of carbonyl (C=O) groups excluding carboxylic acids is 1. The first-order valence-electron chi connectivity index (χ1n) is 16.2. The van der Waals surface area contributed by atoms with Gasteiger partial charge in [0, 0.05) is 11.8 Å². The Morgan fingerprint density at radius 3 is 2.20 bits per heavy atom. The van der Waals surface area contributed by atoms with Crippen molar-refractivity contribution in [2.75, 3.05) is 6.61 Å². The smallest absolute Gasteiger partial charge is 0.726 e. The second-order valence-corrected chi connectivity index (χ2v) is 16.8. The van der Waals surface area contributed by atoms with Crippen LogP contribution in [0.1, 0.15) is 72.1 Å². The third kappa shape index (κ3) is 9.55. The number of rotatable bonds is 11. The maximum absolute atomic E-state index is 12.9. The van der Waals surface area contributed by atoms with Gasteiger partial charge in [-0.3, -0.25) is 18.0 Å². The number of carbonyl (C=O) groups is 2. The molecule has 1 heterocycles. The number of hydrogen-bond acceptors (Lipinski definition) is 15. The van der Waals surface area contributed by atoms with Gasteiger partial charge in [0.1, 0.15) is 18.3 Å². The van der Waals surface area contributed by atoms with Crippen LogP contribution in [0.5, 0.6) is 0 Å². The molecule has 4 saturated carbocycles. The van der Waals surface area contributed by atoms with Crippen LogP contribution in [0.15, 0.2) is 12.2 Å². The molecule has 1 spiro atoms. The number of fused-ring (bicyclic) bond motifs is 3. The molecule has 0 aromatic heterocycles. The summed E-state index contributed by atoms with van der Waals surface area (Å²) in [7, 11) is -11.3. The van der Waals surface area contributed by atoms with Gasteiger partial charge in [0.2, 0.25) is 20.8 Å². The van der Waals surface area contributed by atoms with E-state index in [0.29, 0.717) is 12.8 Å². The van der Waals surface area contributed by atoms with E-state index >= 15 is 0 Å². The van der Waals surface area contributed by atoms with Gasteiger partial charge in [-0.15, -0.1) is 0 Å². The predicted molar refractivity (Wildman–Crippen MR) is 159 cm³/mol. The van der Waals surface area contributed by atoms with Crippen molar-refractivity contribution in [2.24, 2.45) is 40.4 Å². The maximum Gasteiger partial charge on any atom is 1.00 e. The molecule has 0 amide bonds. The van der Waals surface area contributed by atoms with Crippen LogP contribution in [0.4, 0.5) is 0 Å². The summed E-state index contributed by atoms with van der Waals surface area (Å²) in [6.07, 6.45) is -8.49. The number of aliphatic hydroxyl groups is 2. The number of carboxylic acids is 1. The van der Waals surface area contributed by atoms with Crippen LogP contribution >= 0.6 is 0 Å². The minimum atomic E-state index is -5.69. The Labute approximate surface area is 377 Å². The summed E-state index contributed by atoms with van der Waals surface area (Å²) in [4.78, 5) is 25.6. The minimum Gasteiger partial charge on any atom is -0.726 e. The van der Waals surface area contributed by atoms with Crippen LogP contribution in [0.25, 0.3) is 0 Å². The summed E-state index contributed by atoms with van der Waals surface area (Å²) < 4.78 is 96.9. The molecule has 0 radical (unpaired) electrons. The second-order valence-electron chi connectivity index (χ2n) is 14.8. The standard InChI is InChI=1S/C30H46O16S2.2K/c1-14(2)9-22(32)44-25-24(46-48(39,40)41)23(45-47(36,37)38)20(13-31)43-28(25)42-17-10-18(27(34)35)19-7-8-30-11-16(15(3)26(30)33)5-6-21(30)29(19,4)12-17;;/h14,16-21,23-26,28,31,33H,3,5-13H2,1-2,4H3,(H,34,35)(H,36,37,38)(H,39,40,41);;/q;2*+1/p-2/t16-,17-,18?,19-,20-,21+,23-,24+,25-,26+,28-,29-,30-;;/m1../s1. The largest absolute Gasteiger partial charge is 1.00 e. The molecule has 50 heavy (non-hydrogen) atoms. The summed E-state index contributed by atoms with van der Waals surface area (Å²) in [5, 5.41) is 31.9. The predicted octanol–water partition coefficient (Wildman–Crippen LogP) is -5.01. The SMILES string of the molecule is C=C1[C@@H]2CC[C@H]3[C@]4(C)C[C@H](O[C@@H]5O[C@H](CO)[C@@H](OS(=O)(=O)[O-])[C@H](OS(=O)(=O)[O-])[C@H]5OC(=O)CC(C)C)CC(C(=O)O)[C@H]4CC[C@]3(C2)[C@H]1O.[K+].[K+]. The molecule has 20 heteroatoms. The zero-order valence-electron chi connectivity index (χ0n) is 29.0. The number of hydrogen-bond donors (Lipinski definition) is 3. The second kappa shape index (κ2) is 17.4. The van der Waals surface area contributed by atoms with Gasteiger partial charge in [0.15, 0.2) is 12.4 Å². The fraction of sp³-hybridized carbons (Fsp3) is 0.867. The molecule has 1 saturated heterocycles. The molecular formula is C30H44K2O16S2. The number of esters is 1. The average molecular weight is 803 g/mol. The first-order chi connectivity index (χ1) is 22.2. The first kappa shape index (κ1) is 45.9. The van der Waals surface area contributed by atoms with Gasteiger partial charge < -0.3 is 38.6 Å². The molecule has 0 aromatic carbocycles. The third-order valence-corrected chi connectivity index (χ3v) is 12.4. The van der Waals surface area contributed by atoms with Gasteiger partial charge in [-0.2, -0.15) is 0 Å². The van der Waals surface area contributed by atoms with Crippen molar-refractivity contribution in [2.45, 2.75) is 115 Å². The van der Waals surface area contributed by atoms with Crippen molar-refractivity contribution in [3.05, 3.63) is 12.2 Å². The number of aliphatic hydroxyl groups excluding tert-OH is 2. The van der Waals surface area contributed by atoms with Crippen LogP contribution < -0.4 is 103 Å². The summed E-state index contributed by atoms with van der Waals surface area (Å²) in [5.74, 6) is -3.38. The quantitative estimate of drug-likeness (QED) is 0.0442. The molecule has 3 N–H and O–H groups in total. The van der Waals surface area contributed by atoms with E-state index in [-0.39, 0.29) is 146 Å². The van der Waals surface area contributed by atoms with Crippen molar-refractivity contribution in [3.8, 4) is 0 Å². The average Bonchev–Trinajstić information content (AvgIpc) is 3.12. The van der Waals surface area contributed by atoms with E-state index in [1.807, 2.05) is 6.92 Å². The zero-order valence-corrected chi connectivity index (χ0v) is 36.8. The molecule has 5 rings (SSSR count). The molecule has 1 unspecified atom stereocenters. The molecular weight excluding hydrogens is 759 g/mol. The van der Waals surface area contributed by atoms with Crippen LogP contribution in [-0.2, 0) is 53.0 Å². The van der Waals surface area contributed by atoms with Crippen LogP contribution in [0.3, 0.4) is 0 Å². The van der Waals surface area contributed by atoms with E-state index in [0.717, 1.165) is 24.8 Å². The molecule has 274 valence electrons. The molecule has 13 atom stereocenters. The monoisotopic (exact) mass is 802 g/mol. The first-order valence-corrected chi connectivity index (χ1v) is 18.8. The molecule has 2 bridgehead atoms. The minimum absolute atomic E-state index is 0. The van der Waals surface area contributed by atoms with Crippen molar-refractivity contribution in [1.82, 2.24) is 0 Å². The van der Waals surface area contributed by atoms with Crippen molar-refractivity contribution in [1.29, 1.82) is 0 Å². The van der Waals surface area contributed by atoms with E-state index in [4.69, 9.17) is 14.2 Å². The van der Waals surface area contributed by atoms with E-state index in [2.05, 4.69) is 14.9 Å². The fourth-order valence-electron chi connectivity index (χ4n) is 9.81. The Hall–Kier alpha value is 1.53. The van der Waals surface area contributed by atoms with Gasteiger partial charge in [0.05, 0.1) is 24.7 Å². The summed E-state index contributed by atoms with van der Waals surface area (Å²) in [6, 6.07) is 0. The van der Waals surface area contributed by atoms with Crippen LogP contribution in [-0.4, -0.2) is 103 Å². The van der Waals surface area contributed by atoms with Crippen molar-refractivity contribution >= 4 is 32.7 Å². The summed E-state index contributed by atoms with van der Waals surface area (Å²) in [6.45, 7) is 8.41. The normalized spacial score (nSPS) is 41.3. The summed E-state index contributed by atoms with van der Waals surface area (Å²) >= 11 is 0. The molecule has 5 aliphatic rings. The Morgan fingerprint density at radius 2 is 1.64 bits per heavy atom. The molecule has 4 aliphatic carbocycles. The van der Waals surface area contributed by atoms with Gasteiger partial charge in [0.25, 0.3) is 0 Å². The number of aliphatic carboxylic acids is 1. The molecule has 16 nitrogen and oxygen atoms in total. The molecule has 0 aromatic rings.